The van der Waals surface area contributed by atoms with Gasteiger partial charge in [-0.05, 0) is 12.5 Å². The van der Waals surface area contributed by atoms with Crippen LogP contribution in [-0.2, 0) is 19.0 Å². The Morgan fingerprint density at radius 2 is 2.25 bits per heavy atom. The van der Waals surface area contributed by atoms with Crippen molar-refractivity contribution in [3.8, 4) is 0 Å². The molecule has 0 aromatic rings. The van der Waals surface area contributed by atoms with Crippen molar-refractivity contribution in [1.29, 1.82) is 0 Å². The van der Waals surface area contributed by atoms with E-state index in [-0.39, 0.29) is 25.3 Å². The summed E-state index contributed by atoms with van der Waals surface area (Å²) in [6.07, 6.45) is -0.504. The van der Waals surface area contributed by atoms with E-state index in [4.69, 9.17) is 15.0 Å². The van der Waals surface area contributed by atoms with Crippen molar-refractivity contribution in [3.63, 3.8) is 0 Å². The Bertz CT molecular complexity index is 286. The van der Waals surface area contributed by atoms with E-state index in [0.29, 0.717) is 0 Å². The number of hydrogen-bond donors (Lipinski definition) is 0. The van der Waals surface area contributed by atoms with Crippen LogP contribution < -0.4 is 0 Å². The SMILES string of the molecule is C=C(COC(C)OCCN=[N+]=[N-])C(=O)OC. The maximum Gasteiger partial charge on any atom is 0.335 e. The van der Waals surface area contributed by atoms with Crippen LogP contribution in [-0.4, -0.2) is 39.1 Å². The summed E-state index contributed by atoms with van der Waals surface area (Å²) in [5, 5.41) is 3.29. The molecule has 0 radical (unpaired) electrons. The Morgan fingerprint density at radius 3 is 2.81 bits per heavy atom. The molecule has 0 saturated carbocycles. The van der Waals surface area contributed by atoms with E-state index in [1.54, 1.807) is 6.92 Å². The van der Waals surface area contributed by atoms with E-state index < -0.39 is 12.3 Å². The van der Waals surface area contributed by atoms with Gasteiger partial charge in [0.05, 0.1) is 25.9 Å². The summed E-state index contributed by atoms with van der Waals surface area (Å²) in [6, 6.07) is 0. The highest BCUT2D eigenvalue weighted by Crippen LogP contribution is 2.00. The number of carbonyl (C=O) groups excluding carboxylic acids is 1. The molecule has 0 fully saturated rings. The van der Waals surface area contributed by atoms with Gasteiger partial charge in [0.15, 0.2) is 6.29 Å². The third kappa shape index (κ3) is 6.83. The molecule has 0 spiro atoms. The maximum atomic E-state index is 10.9. The molecule has 7 nitrogen and oxygen atoms in total. The first-order valence-electron chi connectivity index (χ1n) is 4.62. The second kappa shape index (κ2) is 8.72. The summed E-state index contributed by atoms with van der Waals surface area (Å²) < 4.78 is 14.7. The van der Waals surface area contributed by atoms with Gasteiger partial charge in [-0.1, -0.05) is 11.7 Å². The van der Waals surface area contributed by atoms with Crippen LogP contribution in [0.15, 0.2) is 17.3 Å². The second-order valence-corrected chi connectivity index (χ2v) is 2.80. The minimum Gasteiger partial charge on any atom is -0.466 e. The quantitative estimate of drug-likeness (QED) is 0.120. The molecule has 0 aliphatic heterocycles. The van der Waals surface area contributed by atoms with E-state index in [1.807, 2.05) is 0 Å². The second-order valence-electron chi connectivity index (χ2n) is 2.80. The van der Waals surface area contributed by atoms with E-state index in [1.165, 1.54) is 7.11 Å². The summed E-state index contributed by atoms with van der Waals surface area (Å²) in [7, 11) is 1.27. The topological polar surface area (TPSA) is 93.5 Å². The lowest BCUT2D eigenvalue weighted by atomic mass is 10.3. The van der Waals surface area contributed by atoms with Crippen LogP contribution in [0.25, 0.3) is 10.4 Å². The largest absolute Gasteiger partial charge is 0.466 e. The van der Waals surface area contributed by atoms with Crippen LogP contribution in [0.4, 0.5) is 0 Å². The normalized spacial score (nSPS) is 11.4. The fraction of sp³-hybridized carbons (Fsp3) is 0.667. The van der Waals surface area contributed by atoms with Crippen molar-refractivity contribution < 1.29 is 19.0 Å². The van der Waals surface area contributed by atoms with E-state index in [9.17, 15) is 4.79 Å². The maximum absolute atomic E-state index is 10.9. The van der Waals surface area contributed by atoms with Crippen molar-refractivity contribution in [2.75, 3.05) is 26.9 Å². The van der Waals surface area contributed by atoms with Crippen LogP contribution in [0.3, 0.4) is 0 Å². The van der Waals surface area contributed by atoms with Gasteiger partial charge in [-0.25, -0.2) is 4.79 Å². The van der Waals surface area contributed by atoms with Crippen LogP contribution in [0, 0.1) is 0 Å². The molecule has 0 amide bonds. The Kier molecular flexibility index (Phi) is 7.87. The molecule has 0 heterocycles. The van der Waals surface area contributed by atoms with Crippen LogP contribution in [0.2, 0.25) is 0 Å². The fourth-order valence-corrected chi connectivity index (χ4v) is 0.774. The molecule has 0 aliphatic rings. The molecule has 7 heteroatoms. The zero-order valence-electron chi connectivity index (χ0n) is 9.38. The molecule has 1 atom stereocenters. The number of methoxy groups -OCH3 is 1. The lowest BCUT2D eigenvalue weighted by Crippen LogP contribution is -2.18. The molecule has 0 rings (SSSR count). The molecule has 0 aromatic heterocycles. The average molecular weight is 229 g/mol. The number of nitrogens with zero attached hydrogens (tertiary/aromatic N) is 3. The van der Waals surface area contributed by atoms with Gasteiger partial charge in [0.25, 0.3) is 0 Å². The highest BCUT2D eigenvalue weighted by atomic mass is 16.7. The Hall–Kier alpha value is -1.56. The highest BCUT2D eigenvalue weighted by Gasteiger charge is 2.09. The van der Waals surface area contributed by atoms with Gasteiger partial charge in [-0.15, -0.1) is 0 Å². The number of azide groups is 1. The van der Waals surface area contributed by atoms with Crippen LogP contribution >= 0.6 is 0 Å². The number of rotatable bonds is 8. The minimum absolute atomic E-state index is 0.0371. The van der Waals surface area contributed by atoms with E-state index in [2.05, 4.69) is 21.3 Å². The number of carbonyl (C=O) groups is 1. The van der Waals surface area contributed by atoms with Gasteiger partial charge in [-0.3, -0.25) is 0 Å². The number of esters is 1. The third-order valence-electron chi connectivity index (χ3n) is 1.57. The van der Waals surface area contributed by atoms with Crippen molar-refractivity contribution in [2.24, 2.45) is 5.11 Å². The van der Waals surface area contributed by atoms with E-state index >= 15 is 0 Å². The molecule has 1 unspecified atom stereocenters. The molecule has 0 aliphatic carbocycles. The van der Waals surface area contributed by atoms with Crippen molar-refractivity contribution in [1.82, 2.24) is 0 Å². The monoisotopic (exact) mass is 229 g/mol. The summed E-state index contributed by atoms with van der Waals surface area (Å²) in [5.74, 6) is -0.513. The zero-order chi connectivity index (χ0) is 12.4. The van der Waals surface area contributed by atoms with Gasteiger partial charge >= 0.3 is 5.97 Å². The number of hydrogen-bond acceptors (Lipinski definition) is 5. The first-order chi connectivity index (χ1) is 7.61. The Morgan fingerprint density at radius 1 is 1.56 bits per heavy atom. The first kappa shape index (κ1) is 14.4. The summed E-state index contributed by atoms with van der Waals surface area (Å²) in [6.45, 7) is 5.69. The van der Waals surface area contributed by atoms with Crippen LogP contribution in [0.5, 0.6) is 0 Å². The standard InChI is InChI=1S/C9H15N3O4/c1-7(9(13)14-3)6-16-8(2)15-5-4-11-12-10/h8H,1,4-6H2,2-3H3. The van der Waals surface area contributed by atoms with Gasteiger partial charge in [0, 0.05) is 11.5 Å². The predicted molar refractivity (Wildman–Crippen MR) is 56.5 cm³/mol. The van der Waals surface area contributed by atoms with Gasteiger partial charge in [0.1, 0.15) is 0 Å². The Labute approximate surface area is 93.6 Å². The fourth-order valence-electron chi connectivity index (χ4n) is 0.774. The van der Waals surface area contributed by atoms with E-state index in [0.717, 1.165) is 0 Å². The summed E-state index contributed by atoms with van der Waals surface area (Å²) >= 11 is 0. The summed E-state index contributed by atoms with van der Waals surface area (Å²) in [5.41, 5.74) is 8.22. The third-order valence-corrected chi connectivity index (χ3v) is 1.57. The van der Waals surface area contributed by atoms with Gasteiger partial charge in [0.2, 0.25) is 0 Å². The molecular weight excluding hydrogens is 214 g/mol. The zero-order valence-corrected chi connectivity index (χ0v) is 9.38. The number of ether oxygens (including phenoxy) is 3. The Balaban J connectivity index is 3.64. The molecule has 0 aromatic carbocycles. The van der Waals surface area contributed by atoms with Gasteiger partial charge in [-0.2, -0.15) is 0 Å². The smallest absolute Gasteiger partial charge is 0.335 e. The lowest BCUT2D eigenvalue weighted by molar-refractivity contribution is -0.141. The molecule has 0 N–H and O–H groups in total. The minimum atomic E-state index is -0.513. The molecule has 16 heavy (non-hydrogen) atoms. The first-order valence-corrected chi connectivity index (χ1v) is 4.62. The predicted octanol–water partition coefficient (Wildman–Crippen LogP) is 1.41. The average Bonchev–Trinajstić information content (AvgIpc) is 2.30. The van der Waals surface area contributed by atoms with Gasteiger partial charge < -0.3 is 14.2 Å². The van der Waals surface area contributed by atoms with Crippen molar-refractivity contribution in [2.45, 2.75) is 13.2 Å². The molecular formula is C9H15N3O4. The lowest BCUT2D eigenvalue weighted by Gasteiger charge is -2.13. The molecule has 0 saturated heterocycles. The molecule has 0 bridgehead atoms. The summed E-state index contributed by atoms with van der Waals surface area (Å²) in [4.78, 5) is 13.5. The van der Waals surface area contributed by atoms with Crippen LogP contribution in [0.1, 0.15) is 6.92 Å². The molecule has 90 valence electrons. The van der Waals surface area contributed by atoms with Crippen molar-refractivity contribution >= 4 is 5.97 Å². The highest BCUT2D eigenvalue weighted by molar-refractivity contribution is 5.87. The van der Waals surface area contributed by atoms with Crippen molar-refractivity contribution in [3.05, 3.63) is 22.6 Å².